The largest absolute Gasteiger partial charge is 0.286 e. The van der Waals surface area contributed by atoms with Gasteiger partial charge >= 0.3 is 0 Å². The van der Waals surface area contributed by atoms with Crippen molar-refractivity contribution < 1.29 is 25.2 Å². The van der Waals surface area contributed by atoms with E-state index >= 15 is 0 Å². The van der Waals surface area contributed by atoms with Crippen molar-refractivity contribution >= 4 is 92.2 Å². The normalized spacial score (nSPS) is 17.7. The predicted octanol–water partition coefficient (Wildman–Crippen LogP) is 7.62. The minimum atomic E-state index is -3.13. The maximum absolute atomic E-state index is 13.6. The van der Waals surface area contributed by atoms with E-state index in [2.05, 4.69) is 14.7 Å². The van der Waals surface area contributed by atoms with Crippen LogP contribution < -0.4 is 0 Å². The molecular weight excluding hydrogens is 835 g/mol. The summed E-state index contributed by atoms with van der Waals surface area (Å²) in [4.78, 5) is 8.50. The first-order valence-electron chi connectivity index (χ1n) is 18.8. The van der Waals surface area contributed by atoms with E-state index in [1.54, 1.807) is 18.2 Å². The van der Waals surface area contributed by atoms with Crippen LogP contribution in [-0.2, 0) is 72.4 Å². The summed E-state index contributed by atoms with van der Waals surface area (Å²) in [5, 5.41) is 5.41. The molecule has 6 aromatic carbocycles. The van der Waals surface area contributed by atoms with E-state index < -0.39 is 26.3 Å². The van der Waals surface area contributed by atoms with Crippen LogP contribution in [-0.4, -0.2) is 86.8 Å². The number of benzene rings is 6. The molecule has 1 aliphatic heterocycles. The van der Waals surface area contributed by atoms with Gasteiger partial charge in [-0.15, -0.1) is 0 Å². The lowest BCUT2D eigenvalue weighted by Gasteiger charge is -2.42. The Balaban J connectivity index is 0.952. The van der Waals surface area contributed by atoms with Gasteiger partial charge in [0.2, 0.25) is 0 Å². The molecule has 7 rings (SSSR count). The van der Waals surface area contributed by atoms with Gasteiger partial charge in [-0.2, -0.15) is 0 Å². The Bertz CT molecular complexity index is 2360. The van der Waals surface area contributed by atoms with E-state index in [0.29, 0.717) is 73.6 Å². The number of hydrogen-bond donors (Lipinski definition) is 0. The zero-order chi connectivity index (χ0) is 39.9. The van der Waals surface area contributed by atoms with Crippen LogP contribution >= 0.6 is 0 Å². The highest BCUT2D eigenvalue weighted by Gasteiger charge is 2.24. The average molecular weight is 880 g/mol. The van der Waals surface area contributed by atoms with Gasteiger partial charge in [0.1, 0.15) is 0 Å². The lowest BCUT2D eigenvalue weighted by atomic mass is 10.1. The predicted molar refractivity (Wildman–Crippen MR) is 240 cm³/mol. The molecule has 1 saturated heterocycles. The standard InChI is InChI=1S/C42H45N3O6S6/c46-55(52,40-22-7-16-34-13-1-4-19-37(34)40)49-28-10-25-43-31-44(26-11-29-50-56(47,53)41-23-8-17-35-14-2-5-20-38(35)41)33-45(32-43)27-12-30-51-57(48,54)42-24-9-18-36-15-3-6-21-39(36)42/h1-9,13-24H,10-12,25-33H2. The topological polar surface area (TPSA) is 88.6 Å². The first kappa shape index (κ1) is 42.1. The van der Waals surface area contributed by atoms with Crippen molar-refractivity contribution in [2.75, 3.05) is 59.5 Å². The number of rotatable bonds is 18. The van der Waals surface area contributed by atoms with E-state index in [4.69, 9.17) is 46.1 Å². The number of nitrogens with zero attached hydrogens (tertiary/aromatic N) is 3. The third-order valence-electron chi connectivity index (χ3n) is 9.83. The Morgan fingerprint density at radius 3 is 0.965 bits per heavy atom. The molecule has 0 aromatic heterocycles. The van der Waals surface area contributed by atoms with Gasteiger partial charge in [0.05, 0.1) is 54.5 Å². The summed E-state index contributed by atoms with van der Waals surface area (Å²) in [6.07, 6.45) is 1.87. The molecule has 15 heteroatoms. The second-order valence-electron chi connectivity index (χ2n) is 13.9. The van der Waals surface area contributed by atoms with E-state index in [0.717, 1.165) is 32.3 Å². The van der Waals surface area contributed by atoms with Crippen LogP contribution in [0, 0.1) is 0 Å². The van der Waals surface area contributed by atoms with Crippen LogP contribution in [0.4, 0.5) is 0 Å². The molecule has 9 nitrogen and oxygen atoms in total. The van der Waals surface area contributed by atoms with Gasteiger partial charge < -0.3 is 0 Å². The zero-order valence-corrected chi connectivity index (χ0v) is 36.2. The highest BCUT2D eigenvalue weighted by Crippen LogP contribution is 2.27. The molecule has 3 unspecified atom stereocenters. The molecule has 57 heavy (non-hydrogen) atoms. The van der Waals surface area contributed by atoms with Gasteiger partial charge in [0.25, 0.3) is 0 Å². The van der Waals surface area contributed by atoms with Crippen molar-refractivity contribution in [2.24, 2.45) is 0 Å². The quantitative estimate of drug-likeness (QED) is 0.0797. The molecule has 1 aliphatic rings. The second-order valence-corrected chi connectivity index (χ2v) is 22.6. The molecule has 0 N–H and O–H groups in total. The molecular formula is C42H45N3O6S6. The fraction of sp³-hybridized carbons (Fsp3) is 0.286. The van der Waals surface area contributed by atoms with Gasteiger partial charge in [-0.1, -0.05) is 109 Å². The molecule has 3 atom stereocenters. The SMILES string of the molecule is O=S(=S)(OCCCN1CN(CCCOS(=O)(=S)c2cccc3ccccc23)CN(CCCOS(=O)(=S)c2cccc3ccccc23)C1)c1cccc2ccccc12. The summed E-state index contributed by atoms with van der Waals surface area (Å²) in [7, 11) is -9.38. The van der Waals surface area contributed by atoms with Gasteiger partial charge in [-0.05, 0) is 53.6 Å². The van der Waals surface area contributed by atoms with Crippen LogP contribution in [0.1, 0.15) is 19.3 Å². The molecule has 1 fully saturated rings. The van der Waals surface area contributed by atoms with E-state index in [-0.39, 0.29) is 19.8 Å². The van der Waals surface area contributed by atoms with Crippen molar-refractivity contribution in [2.45, 2.75) is 33.9 Å². The molecule has 300 valence electrons. The summed E-state index contributed by atoms with van der Waals surface area (Å²) in [5.74, 6) is 0. The second kappa shape index (κ2) is 18.9. The highest BCUT2D eigenvalue weighted by atomic mass is 32.9. The van der Waals surface area contributed by atoms with Crippen LogP contribution in [0.3, 0.4) is 0 Å². The molecule has 0 radical (unpaired) electrons. The van der Waals surface area contributed by atoms with Crippen molar-refractivity contribution in [1.29, 1.82) is 0 Å². The molecule has 0 bridgehead atoms. The Hall–Kier alpha value is -3.03. The van der Waals surface area contributed by atoms with Crippen molar-refractivity contribution in [3.8, 4) is 0 Å². The fourth-order valence-electron chi connectivity index (χ4n) is 7.21. The first-order chi connectivity index (χ1) is 27.5. The van der Waals surface area contributed by atoms with Gasteiger partial charge in [0.15, 0.2) is 26.3 Å². The lowest BCUT2D eigenvalue weighted by Crippen LogP contribution is -2.55. The minimum absolute atomic E-state index is 0.243. The highest BCUT2D eigenvalue weighted by molar-refractivity contribution is 8.31. The average Bonchev–Trinajstić information content (AvgIpc) is 3.22. The Labute approximate surface area is 350 Å². The molecule has 1 heterocycles. The number of hydrogen-bond acceptors (Lipinski definition) is 12. The maximum Gasteiger partial charge on any atom is 0.174 e. The van der Waals surface area contributed by atoms with Gasteiger partial charge in [0, 0.05) is 69.4 Å². The van der Waals surface area contributed by atoms with E-state index in [1.807, 2.05) is 109 Å². The van der Waals surface area contributed by atoms with Crippen molar-refractivity contribution in [3.63, 3.8) is 0 Å². The lowest BCUT2D eigenvalue weighted by molar-refractivity contribution is -0.0334. The third kappa shape index (κ3) is 10.6. The first-order valence-corrected chi connectivity index (χ1v) is 26.0. The van der Waals surface area contributed by atoms with Gasteiger partial charge in [-0.25, -0.2) is 12.6 Å². The van der Waals surface area contributed by atoms with E-state index in [9.17, 15) is 12.6 Å². The molecule has 0 saturated carbocycles. The zero-order valence-electron chi connectivity index (χ0n) is 31.4. The third-order valence-corrected chi connectivity index (χ3v) is 16.4. The van der Waals surface area contributed by atoms with Crippen LogP contribution in [0.25, 0.3) is 32.3 Å². The summed E-state index contributed by atoms with van der Waals surface area (Å²) in [6.45, 7) is 4.84. The molecule has 0 aliphatic carbocycles. The maximum atomic E-state index is 13.6. The monoisotopic (exact) mass is 879 g/mol. The summed E-state index contributed by atoms with van der Waals surface area (Å²) < 4.78 is 58.4. The Kier molecular flexibility index (Phi) is 14.0. The van der Waals surface area contributed by atoms with Crippen LogP contribution in [0.15, 0.2) is 142 Å². The van der Waals surface area contributed by atoms with Crippen molar-refractivity contribution in [3.05, 3.63) is 127 Å². The van der Waals surface area contributed by atoms with E-state index in [1.165, 1.54) is 0 Å². The minimum Gasteiger partial charge on any atom is -0.286 e. The molecule has 0 amide bonds. The summed E-state index contributed by atoms with van der Waals surface area (Å²) in [5.41, 5.74) is 0. The summed E-state index contributed by atoms with van der Waals surface area (Å²) >= 11 is 16.6. The van der Waals surface area contributed by atoms with Crippen LogP contribution in [0.5, 0.6) is 0 Å². The smallest absolute Gasteiger partial charge is 0.174 e. The van der Waals surface area contributed by atoms with Crippen molar-refractivity contribution in [1.82, 2.24) is 14.7 Å². The molecule has 0 spiro atoms. The number of fused-ring (bicyclic) bond motifs is 3. The summed E-state index contributed by atoms with van der Waals surface area (Å²) in [6, 6.07) is 40.0. The Morgan fingerprint density at radius 1 is 0.404 bits per heavy atom. The van der Waals surface area contributed by atoms with Gasteiger partial charge in [-0.3, -0.25) is 27.2 Å². The fourth-order valence-corrected chi connectivity index (χ4v) is 12.6. The Morgan fingerprint density at radius 2 is 0.667 bits per heavy atom. The molecule has 6 aromatic rings. The van der Waals surface area contributed by atoms with Crippen LogP contribution in [0.2, 0.25) is 0 Å².